The van der Waals surface area contributed by atoms with Crippen LogP contribution < -0.4 is 5.32 Å². The second kappa shape index (κ2) is 5.49. The van der Waals surface area contributed by atoms with E-state index in [4.69, 9.17) is 0 Å². The number of nitrogens with zero attached hydrogens (tertiary/aromatic N) is 4. The number of hydrogen-bond donors (Lipinski definition) is 1. The molecule has 1 aromatic carbocycles. The van der Waals surface area contributed by atoms with Gasteiger partial charge in [-0.25, -0.2) is 0 Å². The molecule has 22 heavy (non-hydrogen) atoms. The van der Waals surface area contributed by atoms with Gasteiger partial charge in [-0.1, -0.05) is 44.2 Å². The van der Waals surface area contributed by atoms with Gasteiger partial charge in [0.2, 0.25) is 4.96 Å². The highest BCUT2D eigenvalue weighted by molar-refractivity contribution is 7.16. The molecule has 7 heteroatoms. The normalized spacial score (nSPS) is 11.8. The molecule has 0 saturated carbocycles. The molecule has 0 aliphatic carbocycles. The molecule has 0 fully saturated rings. The van der Waals surface area contributed by atoms with Crippen LogP contribution in [0.2, 0.25) is 0 Å². The maximum Gasteiger partial charge on any atom is 0.251 e. The Morgan fingerprint density at radius 2 is 2.00 bits per heavy atom. The van der Waals surface area contributed by atoms with Crippen LogP contribution in [-0.4, -0.2) is 25.7 Å². The minimum absolute atomic E-state index is 0.0821. The zero-order valence-corrected chi connectivity index (χ0v) is 13.5. The van der Waals surface area contributed by atoms with E-state index in [0.29, 0.717) is 12.1 Å². The maximum atomic E-state index is 12.2. The van der Waals surface area contributed by atoms with Gasteiger partial charge < -0.3 is 5.32 Å². The highest BCUT2D eigenvalue weighted by atomic mass is 32.1. The summed E-state index contributed by atoms with van der Waals surface area (Å²) in [5, 5.41) is 15.6. The summed E-state index contributed by atoms with van der Waals surface area (Å²) >= 11 is 1.41. The smallest absolute Gasteiger partial charge is 0.251 e. The first kappa shape index (κ1) is 14.6. The summed E-state index contributed by atoms with van der Waals surface area (Å²) in [6.07, 6.45) is 1.54. The SMILES string of the molecule is CC(C)(C)c1ccc(C(=O)NCc2nn3cnnc3s2)cc1. The molecular formula is C15H17N5OS. The van der Waals surface area contributed by atoms with Crippen molar-refractivity contribution in [3.05, 3.63) is 46.7 Å². The lowest BCUT2D eigenvalue weighted by Gasteiger charge is -2.19. The summed E-state index contributed by atoms with van der Waals surface area (Å²) in [5.74, 6) is -0.105. The van der Waals surface area contributed by atoms with Crippen LogP contribution in [0.3, 0.4) is 0 Å². The van der Waals surface area contributed by atoms with Gasteiger partial charge in [0.1, 0.15) is 11.3 Å². The van der Waals surface area contributed by atoms with Crippen molar-refractivity contribution >= 4 is 22.2 Å². The fourth-order valence-corrected chi connectivity index (χ4v) is 2.81. The van der Waals surface area contributed by atoms with E-state index in [1.54, 1.807) is 10.8 Å². The predicted molar refractivity (Wildman–Crippen MR) is 85.0 cm³/mol. The second-order valence-corrected chi connectivity index (χ2v) is 7.10. The van der Waals surface area contributed by atoms with Gasteiger partial charge in [0, 0.05) is 5.56 Å². The van der Waals surface area contributed by atoms with Crippen LogP contribution in [0.4, 0.5) is 0 Å². The minimum Gasteiger partial charge on any atom is -0.345 e. The number of rotatable bonds is 3. The Balaban J connectivity index is 1.65. The largest absolute Gasteiger partial charge is 0.345 e. The first-order valence-corrected chi connectivity index (χ1v) is 7.79. The monoisotopic (exact) mass is 315 g/mol. The second-order valence-electron chi connectivity index (χ2n) is 6.06. The standard InChI is InChI=1S/C15H17N5OS/c1-15(2,3)11-6-4-10(5-7-11)13(21)16-8-12-19-20-9-17-18-14(20)22-12/h4-7,9H,8H2,1-3H3,(H,16,21). The first-order chi connectivity index (χ1) is 10.4. The molecule has 1 amide bonds. The predicted octanol–water partition coefficient (Wildman–Crippen LogP) is 2.41. The lowest BCUT2D eigenvalue weighted by Crippen LogP contribution is -2.23. The molecule has 0 aliphatic rings. The van der Waals surface area contributed by atoms with Gasteiger partial charge >= 0.3 is 0 Å². The summed E-state index contributed by atoms with van der Waals surface area (Å²) in [6, 6.07) is 7.71. The molecule has 114 valence electrons. The Bertz CT molecular complexity index is 769. The molecule has 2 aromatic heterocycles. The molecule has 0 spiro atoms. The maximum absolute atomic E-state index is 12.2. The highest BCUT2D eigenvalue weighted by Gasteiger charge is 2.14. The molecule has 0 bridgehead atoms. The Labute approximate surface area is 132 Å². The van der Waals surface area contributed by atoms with Crippen LogP contribution in [0, 0.1) is 0 Å². The van der Waals surface area contributed by atoms with E-state index in [0.717, 1.165) is 9.97 Å². The molecule has 1 N–H and O–H groups in total. The summed E-state index contributed by atoms with van der Waals surface area (Å²) in [5.41, 5.74) is 1.94. The van der Waals surface area contributed by atoms with Crippen LogP contribution in [0.25, 0.3) is 4.96 Å². The van der Waals surface area contributed by atoms with Gasteiger partial charge in [0.15, 0.2) is 0 Å². The minimum atomic E-state index is -0.105. The molecule has 0 atom stereocenters. The molecule has 2 heterocycles. The fourth-order valence-electron chi connectivity index (χ4n) is 2.05. The van der Waals surface area contributed by atoms with Crippen molar-refractivity contribution in [1.29, 1.82) is 0 Å². The Kier molecular flexibility index (Phi) is 3.66. The Hall–Kier alpha value is -2.28. The van der Waals surface area contributed by atoms with Gasteiger partial charge in [-0.15, -0.1) is 10.2 Å². The van der Waals surface area contributed by atoms with E-state index in [1.807, 2.05) is 24.3 Å². The molecule has 3 aromatic rings. The molecule has 6 nitrogen and oxygen atoms in total. The average Bonchev–Trinajstić information content (AvgIpc) is 3.05. The Morgan fingerprint density at radius 3 is 2.64 bits per heavy atom. The van der Waals surface area contributed by atoms with Gasteiger partial charge in [0.25, 0.3) is 5.91 Å². The van der Waals surface area contributed by atoms with Crippen molar-refractivity contribution in [2.45, 2.75) is 32.7 Å². The van der Waals surface area contributed by atoms with E-state index in [-0.39, 0.29) is 11.3 Å². The van der Waals surface area contributed by atoms with E-state index in [9.17, 15) is 4.79 Å². The molecule has 0 aliphatic heterocycles. The zero-order chi connectivity index (χ0) is 15.7. The topological polar surface area (TPSA) is 72.2 Å². The molecule has 0 radical (unpaired) electrons. The van der Waals surface area contributed by atoms with E-state index in [1.165, 1.54) is 16.9 Å². The number of benzene rings is 1. The number of nitrogens with one attached hydrogen (secondary N) is 1. The van der Waals surface area contributed by atoms with Crippen molar-refractivity contribution in [2.24, 2.45) is 0 Å². The lowest BCUT2D eigenvalue weighted by molar-refractivity contribution is 0.0950. The molecule has 0 saturated heterocycles. The van der Waals surface area contributed by atoms with Gasteiger partial charge in [0.05, 0.1) is 6.54 Å². The quantitative estimate of drug-likeness (QED) is 0.805. The molecule has 3 rings (SSSR count). The number of carbonyl (C=O) groups excluding carboxylic acids is 1. The highest BCUT2D eigenvalue weighted by Crippen LogP contribution is 2.22. The van der Waals surface area contributed by atoms with Gasteiger partial charge in [-0.3, -0.25) is 4.79 Å². The van der Waals surface area contributed by atoms with Gasteiger partial charge in [-0.05, 0) is 23.1 Å². The fraction of sp³-hybridized carbons (Fsp3) is 0.333. The zero-order valence-electron chi connectivity index (χ0n) is 12.7. The van der Waals surface area contributed by atoms with E-state index < -0.39 is 0 Å². The third-order valence-corrected chi connectivity index (χ3v) is 4.25. The van der Waals surface area contributed by atoms with Crippen LogP contribution in [0.1, 0.15) is 41.7 Å². The lowest BCUT2D eigenvalue weighted by atomic mass is 9.87. The van der Waals surface area contributed by atoms with Crippen molar-refractivity contribution in [3.8, 4) is 0 Å². The first-order valence-electron chi connectivity index (χ1n) is 6.98. The van der Waals surface area contributed by atoms with Gasteiger partial charge in [-0.2, -0.15) is 9.61 Å². The Morgan fingerprint density at radius 1 is 1.27 bits per heavy atom. The molecule has 0 unspecified atom stereocenters. The van der Waals surface area contributed by atoms with Crippen LogP contribution in [-0.2, 0) is 12.0 Å². The van der Waals surface area contributed by atoms with Crippen LogP contribution >= 0.6 is 11.3 Å². The van der Waals surface area contributed by atoms with Crippen LogP contribution in [0.5, 0.6) is 0 Å². The summed E-state index contributed by atoms with van der Waals surface area (Å²) in [7, 11) is 0. The number of hydrogen-bond acceptors (Lipinski definition) is 5. The third-order valence-electron chi connectivity index (χ3n) is 3.34. The van der Waals surface area contributed by atoms with Crippen LogP contribution in [0.15, 0.2) is 30.6 Å². The number of amides is 1. The van der Waals surface area contributed by atoms with Crippen molar-refractivity contribution in [3.63, 3.8) is 0 Å². The van der Waals surface area contributed by atoms with E-state index in [2.05, 4.69) is 41.4 Å². The van der Waals surface area contributed by atoms with Crippen molar-refractivity contribution in [1.82, 2.24) is 25.1 Å². The van der Waals surface area contributed by atoms with Crippen molar-refractivity contribution in [2.75, 3.05) is 0 Å². The number of aromatic nitrogens is 4. The third kappa shape index (κ3) is 2.99. The summed E-state index contributed by atoms with van der Waals surface area (Å²) in [6.45, 7) is 6.83. The summed E-state index contributed by atoms with van der Waals surface area (Å²) in [4.78, 5) is 12.9. The average molecular weight is 315 g/mol. The summed E-state index contributed by atoms with van der Waals surface area (Å²) < 4.78 is 1.60. The molecular weight excluding hydrogens is 298 g/mol. The number of fused-ring (bicyclic) bond motifs is 1. The number of carbonyl (C=O) groups is 1. The van der Waals surface area contributed by atoms with Crippen molar-refractivity contribution < 1.29 is 4.79 Å². The van der Waals surface area contributed by atoms with E-state index >= 15 is 0 Å².